The molecule has 0 saturated heterocycles. The molecule has 0 aliphatic rings. The molecule has 0 aliphatic heterocycles. The molecule has 1 amide bonds. The first kappa shape index (κ1) is 13.3. The number of anilines is 2. The second-order valence-corrected chi connectivity index (χ2v) is 4.20. The minimum atomic E-state index is -0.0670. The molecule has 1 aromatic carbocycles. The van der Waals surface area contributed by atoms with Crippen molar-refractivity contribution in [3.05, 3.63) is 17.7 Å². The predicted molar refractivity (Wildman–Crippen MR) is 69.3 cm³/mol. The highest BCUT2D eigenvalue weighted by Crippen LogP contribution is 2.28. The molecule has 0 aliphatic carbocycles. The third kappa shape index (κ3) is 3.64. The first-order valence-electron chi connectivity index (χ1n) is 5.32. The van der Waals surface area contributed by atoms with Gasteiger partial charge in [-0.25, -0.2) is 0 Å². The van der Waals surface area contributed by atoms with Crippen LogP contribution in [0.3, 0.4) is 0 Å². The van der Waals surface area contributed by atoms with Crippen LogP contribution in [0.1, 0.15) is 5.56 Å². The fourth-order valence-electron chi connectivity index (χ4n) is 1.49. The lowest BCUT2D eigenvalue weighted by Crippen LogP contribution is -2.27. The molecule has 0 bridgehead atoms. The van der Waals surface area contributed by atoms with E-state index in [-0.39, 0.29) is 5.91 Å². The number of nitrogens with two attached hydrogens (primary N) is 1. The molecule has 1 rings (SSSR count). The molecular weight excluding hydrogens is 218 g/mol. The van der Waals surface area contributed by atoms with Crippen LogP contribution < -0.4 is 15.8 Å². The van der Waals surface area contributed by atoms with E-state index >= 15 is 0 Å². The monoisotopic (exact) mass is 237 g/mol. The van der Waals surface area contributed by atoms with E-state index in [1.54, 1.807) is 24.1 Å². The fraction of sp³-hybridized carbons (Fsp3) is 0.417. The summed E-state index contributed by atoms with van der Waals surface area (Å²) < 4.78 is 5.10. The van der Waals surface area contributed by atoms with Crippen molar-refractivity contribution < 1.29 is 9.53 Å². The second-order valence-electron chi connectivity index (χ2n) is 4.20. The number of aryl methyl sites for hydroxylation is 1. The van der Waals surface area contributed by atoms with Crippen molar-refractivity contribution in [2.75, 3.05) is 38.8 Å². The van der Waals surface area contributed by atoms with Crippen LogP contribution in [0.5, 0.6) is 5.75 Å². The largest absolute Gasteiger partial charge is 0.495 e. The zero-order valence-electron chi connectivity index (χ0n) is 10.7. The molecule has 5 heteroatoms. The normalized spacial score (nSPS) is 10.4. The zero-order valence-corrected chi connectivity index (χ0v) is 10.7. The second kappa shape index (κ2) is 5.54. The lowest BCUT2D eigenvalue weighted by Gasteiger charge is -2.14. The molecule has 94 valence electrons. The van der Waals surface area contributed by atoms with E-state index in [1.807, 2.05) is 21.0 Å². The smallest absolute Gasteiger partial charge is 0.238 e. The van der Waals surface area contributed by atoms with E-state index in [9.17, 15) is 4.79 Å². The Morgan fingerprint density at radius 1 is 1.47 bits per heavy atom. The number of nitrogens with one attached hydrogen (secondary N) is 1. The Morgan fingerprint density at radius 2 is 2.12 bits per heavy atom. The van der Waals surface area contributed by atoms with Crippen LogP contribution >= 0.6 is 0 Å². The van der Waals surface area contributed by atoms with Crippen molar-refractivity contribution >= 4 is 17.3 Å². The molecule has 0 heterocycles. The third-order valence-corrected chi connectivity index (χ3v) is 2.31. The molecule has 5 nitrogen and oxygen atoms in total. The summed E-state index contributed by atoms with van der Waals surface area (Å²) in [6.45, 7) is 2.23. The number of amides is 1. The number of methoxy groups -OCH3 is 1. The van der Waals surface area contributed by atoms with Crippen molar-refractivity contribution in [1.29, 1.82) is 0 Å². The summed E-state index contributed by atoms with van der Waals surface area (Å²) in [6, 6.07) is 3.52. The highest BCUT2D eigenvalue weighted by atomic mass is 16.5. The van der Waals surface area contributed by atoms with Crippen LogP contribution in [-0.4, -0.2) is 38.6 Å². The SMILES string of the molecule is COc1cc(C)c(NC(=O)CN(C)C)cc1N. The van der Waals surface area contributed by atoms with Gasteiger partial charge in [0.1, 0.15) is 5.75 Å². The number of ether oxygens (including phenoxy) is 1. The number of hydrogen-bond donors (Lipinski definition) is 2. The molecule has 17 heavy (non-hydrogen) atoms. The predicted octanol–water partition coefficient (Wildman–Crippen LogP) is 1.09. The molecule has 0 atom stereocenters. The van der Waals surface area contributed by atoms with Gasteiger partial charge in [-0.15, -0.1) is 0 Å². The number of carbonyl (C=O) groups is 1. The van der Waals surface area contributed by atoms with E-state index in [2.05, 4.69) is 5.32 Å². The Kier molecular flexibility index (Phi) is 4.34. The first-order chi connectivity index (χ1) is 7.93. The van der Waals surface area contributed by atoms with Gasteiger partial charge in [0.2, 0.25) is 5.91 Å². The molecule has 0 aromatic heterocycles. The lowest BCUT2D eigenvalue weighted by atomic mass is 10.1. The lowest BCUT2D eigenvalue weighted by molar-refractivity contribution is -0.116. The maximum Gasteiger partial charge on any atom is 0.238 e. The molecular formula is C12H19N3O2. The number of likely N-dealkylation sites (N-methyl/N-ethyl adjacent to an activating group) is 1. The third-order valence-electron chi connectivity index (χ3n) is 2.31. The molecule has 3 N–H and O–H groups in total. The Bertz CT molecular complexity index is 416. The van der Waals surface area contributed by atoms with Gasteiger partial charge in [0, 0.05) is 5.69 Å². The molecule has 0 saturated carbocycles. The van der Waals surface area contributed by atoms with Crippen molar-refractivity contribution in [3.63, 3.8) is 0 Å². The number of rotatable bonds is 4. The number of nitrogen functional groups attached to an aromatic ring is 1. The van der Waals surface area contributed by atoms with Gasteiger partial charge < -0.3 is 20.7 Å². The summed E-state index contributed by atoms with van der Waals surface area (Å²) in [6.07, 6.45) is 0. The van der Waals surface area contributed by atoms with Crippen molar-refractivity contribution in [2.24, 2.45) is 0 Å². The van der Waals surface area contributed by atoms with E-state index in [4.69, 9.17) is 10.5 Å². The number of hydrogen-bond acceptors (Lipinski definition) is 4. The standard InChI is InChI=1S/C12H19N3O2/c1-8-5-11(17-4)9(13)6-10(8)14-12(16)7-15(2)3/h5-6H,7,13H2,1-4H3,(H,14,16). The van der Waals surface area contributed by atoms with Crippen LogP contribution in [0.2, 0.25) is 0 Å². The molecule has 0 radical (unpaired) electrons. The van der Waals surface area contributed by atoms with Gasteiger partial charge >= 0.3 is 0 Å². The number of benzene rings is 1. The average molecular weight is 237 g/mol. The zero-order chi connectivity index (χ0) is 13.0. The Balaban J connectivity index is 2.85. The van der Waals surface area contributed by atoms with Gasteiger partial charge in [-0.2, -0.15) is 0 Å². The van der Waals surface area contributed by atoms with Crippen molar-refractivity contribution in [3.8, 4) is 5.75 Å². The van der Waals surface area contributed by atoms with Crippen LogP contribution in [0, 0.1) is 6.92 Å². The van der Waals surface area contributed by atoms with E-state index in [0.29, 0.717) is 18.0 Å². The van der Waals surface area contributed by atoms with E-state index < -0.39 is 0 Å². The number of nitrogens with zero attached hydrogens (tertiary/aromatic N) is 1. The topological polar surface area (TPSA) is 67.6 Å². The van der Waals surface area contributed by atoms with Gasteiger partial charge in [-0.3, -0.25) is 4.79 Å². The average Bonchev–Trinajstić information content (AvgIpc) is 2.21. The molecule has 0 unspecified atom stereocenters. The minimum Gasteiger partial charge on any atom is -0.495 e. The Labute approximate surface area is 102 Å². The maximum absolute atomic E-state index is 11.6. The van der Waals surface area contributed by atoms with E-state index in [0.717, 1.165) is 11.3 Å². The van der Waals surface area contributed by atoms with Gasteiger partial charge in [0.25, 0.3) is 0 Å². The van der Waals surface area contributed by atoms with Crippen LogP contribution in [0.4, 0.5) is 11.4 Å². The Hall–Kier alpha value is -1.75. The van der Waals surface area contributed by atoms with Gasteiger partial charge in [0.05, 0.1) is 19.3 Å². The van der Waals surface area contributed by atoms with Crippen molar-refractivity contribution in [2.45, 2.75) is 6.92 Å². The quantitative estimate of drug-likeness (QED) is 0.769. The van der Waals surface area contributed by atoms with Gasteiger partial charge in [-0.1, -0.05) is 0 Å². The van der Waals surface area contributed by atoms with Crippen LogP contribution in [-0.2, 0) is 4.79 Å². The summed E-state index contributed by atoms with van der Waals surface area (Å²) in [5, 5.41) is 2.82. The molecule has 0 fully saturated rings. The number of carbonyl (C=O) groups excluding carboxylic acids is 1. The maximum atomic E-state index is 11.6. The molecule has 1 aromatic rings. The summed E-state index contributed by atoms with van der Waals surface area (Å²) in [7, 11) is 5.25. The summed E-state index contributed by atoms with van der Waals surface area (Å²) in [5.74, 6) is 0.552. The highest BCUT2D eigenvalue weighted by Gasteiger charge is 2.09. The highest BCUT2D eigenvalue weighted by molar-refractivity contribution is 5.93. The van der Waals surface area contributed by atoms with Gasteiger partial charge in [-0.05, 0) is 38.7 Å². The molecule has 0 spiro atoms. The van der Waals surface area contributed by atoms with Crippen LogP contribution in [0.15, 0.2) is 12.1 Å². The summed E-state index contributed by atoms with van der Waals surface area (Å²) >= 11 is 0. The van der Waals surface area contributed by atoms with Crippen molar-refractivity contribution in [1.82, 2.24) is 4.90 Å². The first-order valence-corrected chi connectivity index (χ1v) is 5.32. The Morgan fingerprint density at radius 3 is 2.65 bits per heavy atom. The fourth-order valence-corrected chi connectivity index (χ4v) is 1.49. The van der Waals surface area contributed by atoms with E-state index in [1.165, 1.54) is 0 Å². The van der Waals surface area contributed by atoms with Gasteiger partial charge in [0.15, 0.2) is 0 Å². The minimum absolute atomic E-state index is 0.0670. The summed E-state index contributed by atoms with van der Waals surface area (Å²) in [5.41, 5.74) is 7.94. The summed E-state index contributed by atoms with van der Waals surface area (Å²) in [4.78, 5) is 13.4. The van der Waals surface area contributed by atoms with Crippen LogP contribution in [0.25, 0.3) is 0 Å².